The summed E-state index contributed by atoms with van der Waals surface area (Å²) >= 11 is 0. The first-order valence-corrected chi connectivity index (χ1v) is 5.67. The average molecular weight is 205 g/mol. The smallest absolute Gasteiger partial charge is 0.156 e. The van der Waals surface area contributed by atoms with Crippen molar-refractivity contribution in [2.75, 3.05) is 18.2 Å². The van der Waals surface area contributed by atoms with Crippen LogP contribution in [-0.4, -0.2) is 23.1 Å². The van der Waals surface area contributed by atoms with Gasteiger partial charge >= 0.3 is 0 Å². The zero-order valence-electron chi connectivity index (χ0n) is 8.72. The number of anilines is 1. The fraction of sp³-hybridized carbons (Fsp3) is 0.636. The predicted octanol–water partition coefficient (Wildman–Crippen LogP) is 1.89. The van der Waals surface area contributed by atoms with Crippen LogP contribution in [0.5, 0.6) is 0 Å². The Morgan fingerprint density at radius 2 is 2.27 bits per heavy atom. The van der Waals surface area contributed by atoms with E-state index in [4.69, 9.17) is 4.84 Å². The van der Waals surface area contributed by atoms with Crippen molar-refractivity contribution in [1.82, 2.24) is 9.97 Å². The van der Waals surface area contributed by atoms with Crippen LogP contribution in [0.15, 0.2) is 12.3 Å². The zero-order chi connectivity index (χ0) is 10.1. The summed E-state index contributed by atoms with van der Waals surface area (Å²) in [6, 6.07) is 1.93. The first-order chi connectivity index (χ1) is 7.43. The molecule has 0 aromatic carbocycles. The molecule has 2 heterocycles. The molecule has 4 nitrogen and oxygen atoms in total. The predicted molar refractivity (Wildman–Crippen MR) is 56.5 cm³/mol. The summed E-state index contributed by atoms with van der Waals surface area (Å²) in [5.74, 6) is 2.52. The Morgan fingerprint density at radius 3 is 3.00 bits per heavy atom. The minimum Gasteiger partial charge on any atom is -0.272 e. The van der Waals surface area contributed by atoms with E-state index >= 15 is 0 Å². The van der Waals surface area contributed by atoms with Crippen LogP contribution < -0.4 is 5.06 Å². The van der Waals surface area contributed by atoms with E-state index in [-0.39, 0.29) is 0 Å². The van der Waals surface area contributed by atoms with Crippen molar-refractivity contribution in [3.63, 3.8) is 0 Å². The molecule has 1 saturated heterocycles. The highest BCUT2D eigenvalue weighted by atomic mass is 16.7. The lowest BCUT2D eigenvalue weighted by atomic mass is 10.3. The van der Waals surface area contributed by atoms with Crippen molar-refractivity contribution in [2.45, 2.75) is 31.6 Å². The highest BCUT2D eigenvalue weighted by Gasteiger charge is 2.27. The quantitative estimate of drug-likeness (QED) is 0.739. The number of nitrogens with zero attached hydrogens (tertiary/aromatic N) is 3. The lowest BCUT2D eigenvalue weighted by Crippen LogP contribution is -2.30. The zero-order valence-corrected chi connectivity index (χ0v) is 8.72. The van der Waals surface area contributed by atoms with E-state index in [2.05, 4.69) is 9.97 Å². The lowest BCUT2D eigenvalue weighted by molar-refractivity contribution is 0.0760. The second-order valence-electron chi connectivity index (χ2n) is 4.19. The molecule has 4 heteroatoms. The van der Waals surface area contributed by atoms with Gasteiger partial charge in [-0.25, -0.2) is 15.0 Å². The lowest BCUT2D eigenvalue weighted by Gasteiger charge is -2.26. The maximum absolute atomic E-state index is 5.56. The third-order valence-electron chi connectivity index (χ3n) is 2.86. The average Bonchev–Trinajstić information content (AvgIpc) is 3.14. The molecule has 1 aromatic rings. The number of hydrogen-bond donors (Lipinski definition) is 0. The molecule has 0 N–H and O–H groups in total. The molecule has 3 rings (SSSR count). The Labute approximate surface area is 89.2 Å². The molecule has 1 aromatic heterocycles. The Bertz CT molecular complexity index is 345. The molecule has 0 bridgehead atoms. The molecule has 2 aliphatic rings. The van der Waals surface area contributed by atoms with Crippen molar-refractivity contribution < 1.29 is 4.84 Å². The van der Waals surface area contributed by atoms with Gasteiger partial charge in [0.25, 0.3) is 0 Å². The molecular weight excluding hydrogens is 190 g/mol. The number of hydroxylamine groups is 1. The third-order valence-corrected chi connectivity index (χ3v) is 2.86. The fourth-order valence-corrected chi connectivity index (χ4v) is 1.82. The van der Waals surface area contributed by atoms with E-state index in [1.807, 2.05) is 17.3 Å². The summed E-state index contributed by atoms with van der Waals surface area (Å²) in [5.41, 5.74) is 0. The summed E-state index contributed by atoms with van der Waals surface area (Å²) in [5, 5.41) is 1.90. The number of aromatic nitrogens is 2. The Hall–Kier alpha value is -1.16. The Balaban J connectivity index is 1.80. The van der Waals surface area contributed by atoms with Crippen LogP contribution in [0, 0.1) is 0 Å². The highest BCUT2D eigenvalue weighted by molar-refractivity contribution is 5.35. The molecule has 0 radical (unpaired) electrons. The van der Waals surface area contributed by atoms with Crippen LogP contribution in [0.2, 0.25) is 0 Å². The van der Waals surface area contributed by atoms with Crippen molar-refractivity contribution in [3.8, 4) is 0 Å². The van der Waals surface area contributed by atoms with Crippen molar-refractivity contribution in [2.24, 2.45) is 0 Å². The van der Waals surface area contributed by atoms with Gasteiger partial charge in [0.1, 0.15) is 5.82 Å². The Kier molecular flexibility index (Phi) is 2.29. The summed E-state index contributed by atoms with van der Waals surface area (Å²) < 4.78 is 0. The molecule has 2 fully saturated rings. The minimum atomic E-state index is 0.606. The van der Waals surface area contributed by atoms with Gasteiger partial charge in [-0.1, -0.05) is 0 Å². The monoisotopic (exact) mass is 205 g/mol. The topological polar surface area (TPSA) is 38.2 Å². The standard InChI is InChI=1S/C11H15N3O/c1-2-8-15-14(7-1)10-5-6-12-11(13-10)9-3-4-9/h5-6,9H,1-4,7-8H2. The van der Waals surface area contributed by atoms with Gasteiger partial charge in [0, 0.05) is 24.7 Å². The van der Waals surface area contributed by atoms with E-state index in [0.29, 0.717) is 5.92 Å². The van der Waals surface area contributed by atoms with Crippen molar-refractivity contribution in [3.05, 3.63) is 18.1 Å². The van der Waals surface area contributed by atoms with E-state index < -0.39 is 0 Å². The molecule has 1 saturated carbocycles. The van der Waals surface area contributed by atoms with Gasteiger partial charge in [-0.3, -0.25) is 4.84 Å². The van der Waals surface area contributed by atoms with Gasteiger partial charge < -0.3 is 0 Å². The summed E-state index contributed by atoms with van der Waals surface area (Å²) in [4.78, 5) is 14.4. The fourth-order valence-electron chi connectivity index (χ4n) is 1.82. The van der Waals surface area contributed by atoms with E-state index in [0.717, 1.165) is 31.2 Å². The highest BCUT2D eigenvalue weighted by Crippen LogP contribution is 2.38. The first-order valence-electron chi connectivity index (χ1n) is 5.67. The summed E-state index contributed by atoms with van der Waals surface area (Å²) in [7, 11) is 0. The number of rotatable bonds is 2. The normalized spacial score (nSPS) is 21.7. The molecule has 15 heavy (non-hydrogen) atoms. The molecule has 1 aliphatic heterocycles. The molecule has 1 aliphatic carbocycles. The van der Waals surface area contributed by atoms with Crippen LogP contribution >= 0.6 is 0 Å². The van der Waals surface area contributed by atoms with Crippen LogP contribution in [0.3, 0.4) is 0 Å². The molecule has 0 spiro atoms. The maximum atomic E-state index is 5.56. The van der Waals surface area contributed by atoms with Crippen molar-refractivity contribution >= 4 is 5.82 Å². The van der Waals surface area contributed by atoms with Gasteiger partial charge in [0.15, 0.2) is 5.82 Å². The SMILES string of the molecule is c1cc(N2CCCCO2)nc(C2CC2)n1. The van der Waals surface area contributed by atoms with Gasteiger partial charge in [-0.2, -0.15) is 0 Å². The van der Waals surface area contributed by atoms with Crippen LogP contribution in [0.4, 0.5) is 5.82 Å². The molecule has 80 valence electrons. The second kappa shape index (κ2) is 3.77. The largest absolute Gasteiger partial charge is 0.272 e. The molecule has 0 atom stereocenters. The summed E-state index contributed by atoms with van der Waals surface area (Å²) in [6.07, 6.45) is 6.66. The van der Waals surface area contributed by atoms with Crippen LogP contribution in [0.1, 0.15) is 37.4 Å². The van der Waals surface area contributed by atoms with E-state index in [1.54, 1.807) is 0 Å². The van der Waals surface area contributed by atoms with E-state index in [9.17, 15) is 0 Å². The first kappa shape index (κ1) is 9.09. The Morgan fingerprint density at radius 1 is 1.33 bits per heavy atom. The van der Waals surface area contributed by atoms with Crippen molar-refractivity contribution in [1.29, 1.82) is 0 Å². The maximum Gasteiger partial charge on any atom is 0.156 e. The summed E-state index contributed by atoms with van der Waals surface area (Å²) in [6.45, 7) is 1.75. The van der Waals surface area contributed by atoms with Crippen LogP contribution in [-0.2, 0) is 4.84 Å². The second-order valence-corrected chi connectivity index (χ2v) is 4.19. The van der Waals surface area contributed by atoms with Crippen LogP contribution in [0.25, 0.3) is 0 Å². The van der Waals surface area contributed by atoms with Gasteiger partial charge in [0.2, 0.25) is 0 Å². The third kappa shape index (κ3) is 1.95. The minimum absolute atomic E-state index is 0.606. The van der Waals surface area contributed by atoms with Gasteiger partial charge in [0.05, 0.1) is 6.61 Å². The van der Waals surface area contributed by atoms with Gasteiger partial charge in [-0.15, -0.1) is 0 Å². The van der Waals surface area contributed by atoms with E-state index in [1.165, 1.54) is 19.3 Å². The molecule has 0 amide bonds. The molecule has 0 unspecified atom stereocenters. The number of hydrogen-bond acceptors (Lipinski definition) is 4. The molecular formula is C11H15N3O. The van der Waals surface area contributed by atoms with Gasteiger partial charge in [-0.05, 0) is 25.7 Å².